The average molecular weight is 171 g/mol. The quantitative estimate of drug-likeness (QED) is 0.636. The molecular weight excluding hydrogens is 158 g/mol. The number of amides is 1. The van der Waals surface area contributed by atoms with Gasteiger partial charge in [-0.3, -0.25) is 9.59 Å². The van der Waals surface area contributed by atoms with Gasteiger partial charge in [-0.25, -0.2) is 0 Å². The second-order valence-electron chi connectivity index (χ2n) is 2.68. The highest BCUT2D eigenvalue weighted by molar-refractivity contribution is 5.87. The number of Topliss-reactive ketones (excluding diaryl/α,β-unsaturated/α-hetero) is 2. The van der Waals surface area contributed by atoms with E-state index in [1.807, 2.05) is 0 Å². The third-order valence-electron chi connectivity index (χ3n) is 1.24. The fourth-order valence-electron chi connectivity index (χ4n) is 0.601. The second-order valence-corrected chi connectivity index (χ2v) is 2.68. The maximum atomic E-state index is 10.8. The first kappa shape index (κ1) is 10.8. The molecule has 0 spiro atoms. The fraction of sp³-hybridized carbons (Fsp3) is 0.625. The molecule has 1 amide bonds. The molecule has 0 radical (unpaired) electrons. The van der Waals surface area contributed by atoms with Crippen LogP contribution in [0.5, 0.6) is 0 Å². The van der Waals surface area contributed by atoms with Gasteiger partial charge in [0, 0.05) is 12.8 Å². The van der Waals surface area contributed by atoms with Gasteiger partial charge in [0.1, 0.15) is 11.6 Å². The molecular formula is C8H13NO3. The number of hydrogen-bond acceptors (Lipinski definition) is 3. The number of ketones is 2. The van der Waals surface area contributed by atoms with Crippen LogP contribution in [0.2, 0.25) is 0 Å². The lowest BCUT2D eigenvalue weighted by atomic mass is 10.2. The number of carbonyl (C=O) groups excluding carboxylic acids is 3. The lowest BCUT2D eigenvalue weighted by Crippen LogP contribution is -2.28. The summed E-state index contributed by atoms with van der Waals surface area (Å²) in [6.07, 6.45) is 0.409. The molecule has 0 atom stereocenters. The van der Waals surface area contributed by atoms with Gasteiger partial charge in [0.2, 0.25) is 5.91 Å². The first-order valence-electron chi connectivity index (χ1n) is 3.78. The highest BCUT2D eigenvalue weighted by atomic mass is 16.2. The molecule has 0 aromatic rings. The molecule has 0 unspecified atom stereocenters. The highest BCUT2D eigenvalue weighted by Crippen LogP contribution is 1.89. The Bertz CT molecular complexity index is 178. The summed E-state index contributed by atoms with van der Waals surface area (Å²) in [5.74, 6) is -0.362. The van der Waals surface area contributed by atoms with Gasteiger partial charge >= 0.3 is 0 Å². The van der Waals surface area contributed by atoms with Crippen molar-refractivity contribution in [3.8, 4) is 0 Å². The molecule has 0 saturated carbocycles. The van der Waals surface area contributed by atoms with Crippen LogP contribution in [0.25, 0.3) is 0 Å². The minimum absolute atomic E-state index is 0.0204. The van der Waals surface area contributed by atoms with E-state index < -0.39 is 0 Å². The van der Waals surface area contributed by atoms with Crippen LogP contribution >= 0.6 is 0 Å². The highest BCUT2D eigenvalue weighted by Gasteiger charge is 2.03. The smallest absolute Gasteiger partial charge is 0.220 e. The van der Waals surface area contributed by atoms with Crippen molar-refractivity contribution < 1.29 is 14.4 Å². The Labute approximate surface area is 71.3 Å². The van der Waals surface area contributed by atoms with E-state index in [1.165, 1.54) is 13.8 Å². The Balaban J connectivity index is 3.47. The zero-order chi connectivity index (χ0) is 9.56. The topological polar surface area (TPSA) is 63.2 Å². The molecule has 12 heavy (non-hydrogen) atoms. The molecule has 0 aromatic heterocycles. The van der Waals surface area contributed by atoms with Crippen molar-refractivity contribution in [1.29, 1.82) is 0 Å². The van der Waals surface area contributed by atoms with Gasteiger partial charge in [-0.15, -0.1) is 0 Å². The molecule has 0 aliphatic heterocycles. The molecule has 4 heteroatoms. The van der Waals surface area contributed by atoms with Gasteiger partial charge in [0.25, 0.3) is 0 Å². The first-order valence-corrected chi connectivity index (χ1v) is 3.78. The SMILES string of the molecule is CC(=O)CCC(=O)NCC(C)=O. The summed E-state index contributed by atoms with van der Waals surface area (Å²) in [6, 6.07) is 0. The van der Waals surface area contributed by atoms with Gasteiger partial charge in [0.05, 0.1) is 6.54 Å². The van der Waals surface area contributed by atoms with E-state index in [-0.39, 0.29) is 36.9 Å². The predicted molar refractivity (Wildman–Crippen MR) is 43.6 cm³/mol. The molecule has 0 aliphatic rings. The van der Waals surface area contributed by atoms with Crippen LogP contribution in [0.3, 0.4) is 0 Å². The summed E-state index contributed by atoms with van der Waals surface area (Å²) in [4.78, 5) is 31.7. The van der Waals surface area contributed by atoms with E-state index in [0.717, 1.165) is 0 Å². The van der Waals surface area contributed by atoms with Gasteiger partial charge in [-0.05, 0) is 13.8 Å². The standard InChI is InChI=1S/C8H13NO3/c1-6(10)3-4-8(12)9-5-7(2)11/h3-5H2,1-2H3,(H,9,12). The number of rotatable bonds is 5. The third kappa shape index (κ3) is 6.92. The summed E-state index contributed by atoms with van der Waals surface area (Å²) >= 11 is 0. The van der Waals surface area contributed by atoms with Crippen molar-refractivity contribution in [3.05, 3.63) is 0 Å². The van der Waals surface area contributed by atoms with E-state index in [9.17, 15) is 14.4 Å². The summed E-state index contributed by atoms with van der Waals surface area (Å²) in [5.41, 5.74) is 0. The molecule has 0 heterocycles. The van der Waals surface area contributed by atoms with Crippen molar-refractivity contribution in [2.75, 3.05) is 6.54 Å². The zero-order valence-electron chi connectivity index (χ0n) is 7.35. The summed E-state index contributed by atoms with van der Waals surface area (Å²) < 4.78 is 0. The predicted octanol–water partition coefficient (Wildman–Crippen LogP) is 0.0608. The Morgan fingerprint density at radius 3 is 2.00 bits per heavy atom. The van der Waals surface area contributed by atoms with Gasteiger partial charge in [0.15, 0.2) is 0 Å². The van der Waals surface area contributed by atoms with Crippen molar-refractivity contribution in [3.63, 3.8) is 0 Å². The monoisotopic (exact) mass is 171 g/mol. The molecule has 68 valence electrons. The van der Waals surface area contributed by atoms with E-state index in [1.54, 1.807) is 0 Å². The van der Waals surface area contributed by atoms with E-state index in [0.29, 0.717) is 0 Å². The largest absolute Gasteiger partial charge is 0.349 e. The summed E-state index contributed by atoms with van der Waals surface area (Å²) in [6.45, 7) is 2.88. The van der Waals surface area contributed by atoms with Crippen LogP contribution in [0, 0.1) is 0 Å². The van der Waals surface area contributed by atoms with Gasteiger partial charge in [-0.1, -0.05) is 0 Å². The minimum atomic E-state index is -0.250. The molecule has 1 N–H and O–H groups in total. The third-order valence-corrected chi connectivity index (χ3v) is 1.24. The Morgan fingerprint density at radius 2 is 1.58 bits per heavy atom. The van der Waals surface area contributed by atoms with Crippen LogP contribution < -0.4 is 5.32 Å². The summed E-state index contributed by atoms with van der Waals surface area (Å²) in [5, 5.41) is 2.40. The van der Waals surface area contributed by atoms with Gasteiger partial charge in [-0.2, -0.15) is 0 Å². The van der Waals surface area contributed by atoms with Crippen molar-refractivity contribution in [1.82, 2.24) is 5.32 Å². The van der Waals surface area contributed by atoms with Crippen LogP contribution in [0.15, 0.2) is 0 Å². The first-order chi connectivity index (χ1) is 5.52. The molecule has 0 rings (SSSR count). The molecule has 4 nitrogen and oxygen atoms in total. The summed E-state index contributed by atoms with van der Waals surface area (Å²) in [7, 11) is 0. The lowest BCUT2D eigenvalue weighted by Gasteiger charge is -2.00. The van der Waals surface area contributed by atoms with Gasteiger partial charge < -0.3 is 10.1 Å². The normalized spacial score (nSPS) is 9.17. The fourth-order valence-corrected chi connectivity index (χ4v) is 0.601. The number of carbonyl (C=O) groups is 3. The van der Waals surface area contributed by atoms with E-state index in [2.05, 4.69) is 5.32 Å². The molecule has 0 fully saturated rings. The van der Waals surface area contributed by atoms with Crippen molar-refractivity contribution in [2.45, 2.75) is 26.7 Å². The Hall–Kier alpha value is -1.19. The Kier molecular flexibility index (Phi) is 4.92. The van der Waals surface area contributed by atoms with Crippen LogP contribution in [-0.4, -0.2) is 24.0 Å². The lowest BCUT2D eigenvalue weighted by molar-refractivity contribution is -0.126. The Morgan fingerprint density at radius 1 is 1.00 bits per heavy atom. The maximum Gasteiger partial charge on any atom is 0.220 e. The molecule has 0 bridgehead atoms. The van der Waals surface area contributed by atoms with Crippen LogP contribution in [0.1, 0.15) is 26.7 Å². The average Bonchev–Trinajstić information content (AvgIpc) is 1.96. The van der Waals surface area contributed by atoms with E-state index in [4.69, 9.17) is 0 Å². The molecule has 0 aromatic carbocycles. The zero-order valence-corrected chi connectivity index (χ0v) is 7.35. The van der Waals surface area contributed by atoms with Crippen LogP contribution in [-0.2, 0) is 14.4 Å². The van der Waals surface area contributed by atoms with Crippen LogP contribution in [0.4, 0.5) is 0 Å². The van der Waals surface area contributed by atoms with Crippen molar-refractivity contribution in [2.24, 2.45) is 0 Å². The van der Waals surface area contributed by atoms with E-state index >= 15 is 0 Å². The number of hydrogen-bond donors (Lipinski definition) is 1. The maximum absolute atomic E-state index is 10.8. The van der Waals surface area contributed by atoms with Crippen molar-refractivity contribution >= 4 is 17.5 Å². The molecule has 0 aliphatic carbocycles. The molecule has 0 saturated heterocycles. The second kappa shape index (κ2) is 5.46. The number of nitrogens with one attached hydrogen (secondary N) is 1. The minimum Gasteiger partial charge on any atom is -0.349 e.